The van der Waals surface area contributed by atoms with Crippen molar-refractivity contribution in [1.82, 2.24) is 57.4 Å². The molecule has 1 aliphatic rings. The second-order valence-corrected chi connectivity index (χ2v) is 19.6. The number of amides is 9. The number of hydrogen-bond donors (Lipinski definition) is 15. The fourth-order valence-corrected chi connectivity index (χ4v) is 8.22. The lowest BCUT2D eigenvalue weighted by Crippen LogP contribution is -2.61. The van der Waals surface area contributed by atoms with Crippen LogP contribution in [-0.2, 0) is 60.8 Å². The summed E-state index contributed by atoms with van der Waals surface area (Å²) in [5, 5.41) is 68.9. The van der Waals surface area contributed by atoms with Crippen LogP contribution in [0.4, 0.5) is 0 Å². The molecule has 3 rings (SSSR count). The SMILES string of the molecule is CSCC[C@H](NC(=O)[C@H](Cc1ccc(O)cc1)NC(=O)CNC(=O)[C@@H](NC(=O)[C@H](CO)NC(=O)[C@H](CC(C)C)NC(=O)[C@H](CO)NC(=O)[C@@H]1CCCN1C(=O)[C@@H](N)CO)C(C)C)C(=O)N[C@@H](Cc1cnc[nH]1)C(=O)O. The minimum absolute atomic E-state index is 0.0155. The van der Waals surface area contributed by atoms with Crippen molar-refractivity contribution in [2.45, 2.75) is 121 Å². The lowest BCUT2D eigenvalue weighted by atomic mass is 10.0. The Labute approximate surface area is 437 Å². The molecule has 1 aromatic heterocycles. The van der Waals surface area contributed by atoms with Gasteiger partial charge in [0.25, 0.3) is 0 Å². The second-order valence-electron chi connectivity index (χ2n) is 18.6. The molecule has 0 unspecified atom stereocenters. The largest absolute Gasteiger partial charge is 0.508 e. The van der Waals surface area contributed by atoms with Crippen molar-refractivity contribution in [3.63, 3.8) is 0 Å². The number of aromatic nitrogens is 2. The van der Waals surface area contributed by atoms with Crippen LogP contribution < -0.4 is 48.3 Å². The van der Waals surface area contributed by atoms with E-state index in [2.05, 4.69) is 52.5 Å². The van der Waals surface area contributed by atoms with Crippen molar-refractivity contribution in [3.05, 3.63) is 48.0 Å². The van der Waals surface area contributed by atoms with E-state index in [9.17, 15) is 73.5 Å². The number of aliphatic hydroxyl groups excluding tert-OH is 3. The van der Waals surface area contributed by atoms with Gasteiger partial charge in [0.2, 0.25) is 53.2 Å². The Morgan fingerprint density at radius 1 is 0.733 bits per heavy atom. The summed E-state index contributed by atoms with van der Waals surface area (Å²) in [4.78, 5) is 141. The van der Waals surface area contributed by atoms with Crippen LogP contribution in [0.1, 0.15) is 64.6 Å². The molecule has 416 valence electrons. The van der Waals surface area contributed by atoms with Crippen LogP contribution in [0, 0.1) is 11.8 Å². The van der Waals surface area contributed by atoms with E-state index >= 15 is 0 Å². The molecule has 2 heterocycles. The van der Waals surface area contributed by atoms with Crippen molar-refractivity contribution in [2.24, 2.45) is 17.6 Å². The fraction of sp³-hybridized carbons (Fsp3) is 0.596. The molecule has 28 heteroatoms. The number of aromatic amines is 1. The number of carboxylic acids is 1. The smallest absolute Gasteiger partial charge is 0.326 e. The standard InChI is InChI=1S/C47H72N12O15S/c1-24(2)15-31(54-42(68)34(21-61)57-44(70)36-7-6-13-59(36)46(72)29(48)20-60)40(66)56-35(22-62)43(69)58-38(25(3)4)45(71)50-19-37(64)52-32(16-26-8-10-28(63)11-9-26)41(67)53-30(12-14-75-5)39(65)55-33(47(73)74)17-27-18-49-23-51-27/h8-11,18,23-25,29-36,38,60-63H,6-7,12-17,19-22,48H2,1-5H3,(H,49,51)(H,50,71)(H,52,64)(H,53,67)(H,54,68)(H,55,65)(H,56,66)(H,57,70)(H,58,69)(H,73,74)/t29-,30-,31-,32-,33-,34-,35-,36-,38-/m0/s1. The molecule has 9 atom stereocenters. The van der Waals surface area contributed by atoms with E-state index in [-0.39, 0.29) is 50.3 Å². The van der Waals surface area contributed by atoms with Crippen LogP contribution in [-0.4, -0.2) is 199 Å². The molecule has 0 saturated carbocycles. The Morgan fingerprint density at radius 2 is 1.31 bits per heavy atom. The first-order valence-corrected chi connectivity index (χ1v) is 25.7. The Kier molecular flexibility index (Phi) is 25.9. The molecule has 1 aliphatic heterocycles. The number of carboxylic acid groups (broad SMARTS) is 1. The summed E-state index contributed by atoms with van der Waals surface area (Å²) in [7, 11) is 0. The molecule has 0 spiro atoms. The molecule has 0 aliphatic carbocycles. The van der Waals surface area contributed by atoms with Crippen molar-refractivity contribution in [1.29, 1.82) is 0 Å². The number of imidazole rings is 1. The maximum Gasteiger partial charge on any atom is 0.326 e. The number of phenolic OH excluding ortho intramolecular Hbond substituents is 1. The first-order valence-electron chi connectivity index (χ1n) is 24.3. The molecule has 1 saturated heterocycles. The molecule has 27 nitrogen and oxygen atoms in total. The number of nitrogens with zero attached hydrogens (tertiary/aromatic N) is 2. The second kappa shape index (κ2) is 31.1. The molecule has 1 aromatic carbocycles. The van der Waals surface area contributed by atoms with Gasteiger partial charge in [-0.2, -0.15) is 11.8 Å². The number of nitrogens with one attached hydrogen (secondary N) is 9. The van der Waals surface area contributed by atoms with Gasteiger partial charge in [-0.3, -0.25) is 43.2 Å². The number of rotatable bonds is 31. The third-order valence-electron chi connectivity index (χ3n) is 11.9. The monoisotopic (exact) mass is 1080 g/mol. The van der Waals surface area contributed by atoms with Gasteiger partial charge in [-0.05, 0) is 67.2 Å². The van der Waals surface area contributed by atoms with Gasteiger partial charge in [-0.15, -0.1) is 0 Å². The third-order valence-corrected chi connectivity index (χ3v) is 12.5. The van der Waals surface area contributed by atoms with E-state index in [1.807, 2.05) is 0 Å². The fourth-order valence-electron chi connectivity index (χ4n) is 7.75. The highest BCUT2D eigenvalue weighted by atomic mass is 32.2. The van der Waals surface area contributed by atoms with E-state index in [0.29, 0.717) is 23.4 Å². The summed E-state index contributed by atoms with van der Waals surface area (Å²) in [5.41, 5.74) is 6.57. The van der Waals surface area contributed by atoms with Gasteiger partial charge in [0.05, 0.1) is 32.7 Å². The number of carbonyl (C=O) groups is 10. The van der Waals surface area contributed by atoms with Crippen LogP contribution in [0.15, 0.2) is 36.8 Å². The zero-order chi connectivity index (χ0) is 55.9. The molecule has 0 bridgehead atoms. The number of likely N-dealkylation sites (tertiary alicyclic amines) is 1. The van der Waals surface area contributed by atoms with Gasteiger partial charge >= 0.3 is 5.97 Å². The summed E-state index contributed by atoms with van der Waals surface area (Å²) < 4.78 is 0. The highest BCUT2D eigenvalue weighted by molar-refractivity contribution is 7.98. The maximum atomic E-state index is 13.9. The van der Waals surface area contributed by atoms with Crippen LogP contribution >= 0.6 is 11.8 Å². The third kappa shape index (κ3) is 20.1. The van der Waals surface area contributed by atoms with Gasteiger partial charge in [-0.1, -0.05) is 39.8 Å². The molecular weight excluding hydrogens is 1000 g/mol. The van der Waals surface area contributed by atoms with Crippen LogP contribution in [0.25, 0.3) is 0 Å². The Morgan fingerprint density at radius 3 is 1.88 bits per heavy atom. The Hall–Kier alpha value is -6.88. The summed E-state index contributed by atoms with van der Waals surface area (Å²) in [6, 6.07) is -6.63. The zero-order valence-electron chi connectivity index (χ0n) is 42.5. The predicted octanol–water partition coefficient (Wildman–Crippen LogP) is -4.75. The predicted molar refractivity (Wildman–Crippen MR) is 270 cm³/mol. The number of aliphatic hydroxyl groups is 3. The summed E-state index contributed by atoms with van der Waals surface area (Å²) in [6.45, 7) is 3.47. The number of thioether (sulfide) groups is 1. The molecule has 16 N–H and O–H groups in total. The normalized spacial score (nSPS) is 16.5. The number of aromatic hydroxyl groups is 1. The average molecular weight is 1080 g/mol. The van der Waals surface area contributed by atoms with Gasteiger partial charge in [-0.25, -0.2) is 9.78 Å². The van der Waals surface area contributed by atoms with Gasteiger partial charge < -0.3 is 83.7 Å². The first-order chi connectivity index (χ1) is 35.5. The minimum atomic E-state index is -1.68. The van der Waals surface area contributed by atoms with E-state index in [1.54, 1.807) is 34.0 Å². The molecular formula is C47H72N12O15S. The number of carbonyl (C=O) groups excluding carboxylic acids is 9. The van der Waals surface area contributed by atoms with Crippen molar-refractivity contribution >= 4 is 70.9 Å². The van der Waals surface area contributed by atoms with Crippen LogP contribution in [0.3, 0.4) is 0 Å². The number of H-pyrrole nitrogens is 1. The topological polar surface area (TPSA) is 426 Å². The van der Waals surface area contributed by atoms with Gasteiger partial charge in [0.15, 0.2) is 0 Å². The molecule has 1 fully saturated rings. The lowest BCUT2D eigenvalue weighted by molar-refractivity contribution is -0.142. The lowest BCUT2D eigenvalue weighted by Gasteiger charge is -2.29. The zero-order valence-corrected chi connectivity index (χ0v) is 43.3. The minimum Gasteiger partial charge on any atom is -0.508 e. The summed E-state index contributed by atoms with van der Waals surface area (Å²) in [5.74, 6) is -9.75. The number of hydrogen-bond acceptors (Lipinski definition) is 17. The number of phenols is 1. The Bertz CT molecular complexity index is 2250. The maximum absolute atomic E-state index is 13.9. The number of aliphatic carboxylic acids is 1. The van der Waals surface area contributed by atoms with E-state index in [0.717, 1.165) is 0 Å². The number of benzene rings is 1. The molecule has 2 aromatic rings. The average Bonchev–Trinajstić information content (AvgIpc) is 4.09. The van der Waals surface area contributed by atoms with E-state index < -0.39 is 146 Å². The van der Waals surface area contributed by atoms with Crippen LogP contribution in [0.2, 0.25) is 0 Å². The highest BCUT2D eigenvalue weighted by Crippen LogP contribution is 2.19. The van der Waals surface area contributed by atoms with Crippen LogP contribution in [0.5, 0.6) is 5.75 Å². The number of nitrogens with two attached hydrogens (primary N) is 1. The molecule has 75 heavy (non-hydrogen) atoms. The van der Waals surface area contributed by atoms with Crippen molar-refractivity contribution < 1.29 is 73.5 Å². The molecule has 0 radical (unpaired) electrons. The van der Waals surface area contributed by atoms with Gasteiger partial charge in [0.1, 0.15) is 60.1 Å². The van der Waals surface area contributed by atoms with E-state index in [4.69, 9.17) is 5.73 Å². The van der Waals surface area contributed by atoms with Crippen molar-refractivity contribution in [2.75, 3.05) is 44.9 Å². The van der Waals surface area contributed by atoms with Gasteiger partial charge in [0, 0.05) is 31.3 Å². The first kappa shape index (κ1) is 62.4. The summed E-state index contributed by atoms with van der Waals surface area (Å²) in [6.07, 6.45) is 4.93. The quantitative estimate of drug-likeness (QED) is 0.0337. The van der Waals surface area contributed by atoms with E-state index in [1.165, 1.54) is 53.5 Å². The summed E-state index contributed by atoms with van der Waals surface area (Å²) >= 11 is 1.36. The van der Waals surface area contributed by atoms with Crippen molar-refractivity contribution in [3.8, 4) is 5.75 Å². The molecule has 9 amide bonds. The highest BCUT2D eigenvalue weighted by Gasteiger charge is 2.39. The Balaban J connectivity index is 1.69.